The molecule has 14 heavy (non-hydrogen) atoms. The molecule has 0 heterocycles. The first-order chi connectivity index (χ1) is 6.76. The van der Waals surface area contributed by atoms with Gasteiger partial charge in [0.05, 0.1) is 14.2 Å². The third kappa shape index (κ3) is 3.22. The number of ether oxygens (including phenoxy) is 2. The highest BCUT2D eigenvalue weighted by Gasteiger charge is 1.96. The zero-order valence-electron chi connectivity index (χ0n) is 8.24. The lowest BCUT2D eigenvalue weighted by molar-refractivity contribution is 0.392. The maximum absolute atomic E-state index is 5.05. The van der Waals surface area contributed by atoms with Gasteiger partial charge in [0.15, 0.2) is 0 Å². The molecule has 0 unspecified atom stereocenters. The average molecular weight is 211 g/mol. The molecule has 1 aromatic carbocycles. The predicted molar refractivity (Wildman–Crippen MR) is 59.4 cm³/mol. The first-order valence-electron chi connectivity index (χ1n) is 4.21. The molecule has 1 N–H and O–H groups in total. The molecule has 0 bridgehead atoms. The number of methoxy groups -OCH3 is 2. The molecule has 0 aliphatic heterocycles. The van der Waals surface area contributed by atoms with Crippen LogP contribution in [0.2, 0.25) is 0 Å². The lowest BCUT2D eigenvalue weighted by Crippen LogP contribution is -2.21. The van der Waals surface area contributed by atoms with Crippen LogP contribution in [-0.2, 0) is 11.3 Å². The number of nitrogens with one attached hydrogen (secondary N) is 1. The van der Waals surface area contributed by atoms with E-state index in [1.807, 2.05) is 24.3 Å². The zero-order chi connectivity index (χ0) is 10.4. The van der Waals surface area contributed by atoms with Crippen LogP contribution in [-0.4, -0.2) is 19.4 Å². The molecule has 0 aliphatic carbocycles. The van der Waals surface area contributed by atoms with Crippen molar-refractivity contribution in [3.05, 3.63) is 29.8 Å². The fourth-order valence-electron chi connectivity index (χ4n) is 0.990. The van der Waals surface area contributed by atoms with Crippen LogP contribution in [0.1, 0.15) is 5.56 Å². The first-order valence-corrected chi connectivity index (χ1v) is 4.62. The van der Waals surface area contributed by atoms with Crippen molar-refractivity contribution < 1.29 is 9.47 Å². The summed E-state index contributed by atoms with van der Waals surface area (Å²) >= 11 is 4.84. The molecule has 4 heteroatoms. The number of hydrogen-bond acceptors (Lipinski definition) is 3. The van der Waals surface area contributed by atoms with E-state index < -0.39 is 0 Å². The molecule has 0 aliphatic rings. The molecular weight excluding hydrogens is 198 g/mol. The maximum atomic E-state index is 5.05. The second-order valence-electron chi connectivity index (χ2n) is 2.69. The third-order valence-corrected chi connectivity index (χ3v) is 2.09. The van der Waals surface area contributed by atoms with Gasteiger partial charge < -0.3 is 14.8 Å². The highest BCUT2D eigenvalue weighted by Crippen LogP contribution is 2.10. The average Bonchev–Trinajstić information content (AvgIpc) is 2.26. The van der Waals surface area contributed by atoms with E-state index >= 15 is 0 Å². The molecule has 76 valence electrons. The van der Waals surface area contributed by atoms with E-state index in [4.69, 9.17) is 21.7 Å². The van der Waals surface area contributed by atoms with Crippen molar-refractivity contribution >= 4 is 17.4 Å². The van der Waals surface area contributed by atoms with E-state index in [9.17, 15) is 0 Å². The second kappa shape index (κ2) is 5.44. The minimum atomic E-state index is 0.404. The topological polar surface area (TPSA) is 30.5 Å². The van der Waals surface area contributed by atoms with Gasteiger partial charge in [-0.3, -0.25) is 0 Å². The minimum Gasteiger partial charge on any atom is -0.497 e. The molecule has 0 radical (unpaired) electrons. The summed E-state index contributed by atoms with van der Waals surface area (Å²) in [5.74, 6) is 0.850. The normalized spacial score (nSPS) is 9.29. The fraction of sp³-hybridized carbons (Fsp3) is 0.300. The molecule has 0 saturated carbocycles. The molecule has 0 amide bonds. The van der Waals surface area contributed by atoms with Crippen molar-refractivity contribution in [1.82, 2.24) is 5.32 Å². The van der Waals surface area contributed by atoms with Crippen molar-refractivity contribution in [2.45, 2.75) is 6.54 Å². The largest absolute Gasteiger partial charge is 0.497 e. The van der Waals surface area contributed by atoms with Crippen LogP contribution < -0.4 is 10.1 Å². The Hall–Kier alpha value is -1.29. The summed E-state index contributed by atoms with van der Waals surface area (Å²) < 4.78 is 9.86. The third-order valence-electron chi connectivity index (χ3n) is 1.78. The van der Waals surface area contributed by atoms with Crippen LogP contribution in [0.15, 0.2) is 24.3 Å². The molecule has 0 atom stereocenters. The molecule has 0 spiro atoms. The minimum absolute atomic E-state index is 0.404. The van der Waals surface area contributed by atoms with Crippen LogP contribution in [0, 0.1) is 0 Å². The van der Waals surface area contributed by atoms with Crippen molar-refractivity contribution in [3.8, 4) is 5.75 Å². The van der Waals surface area contributed by atoms with E-state index in [1.165, 1.54) is 0 Å². The van der Waals surface area contributed by atoms with Crippen LogP contribution >= 0.6 is 12.2 Å². The van der Waals surface area contributed by atoms with Gasteiger partial charge in [0.25, 0.3) is 5.17 Å². The molecule has 0 fully saturated rings. The van der Waals surface area contributed by atoms with E-state index in [0.29, 0.717) is 11.7 Å². The molecular formula is C10H13NO2S. The van der Waals surface area contributed by atoms with E-state index in [0.717, 1.165) is 11.3 Å². The summed E-state index contributed by atoms with van der Waals surface area (Å²) in [6.45, 7) is 0.663. The summed E-state index contributed by atoms with van der Waals surface area (Å²) in [6.07, 6.45) is 0. The Kier molecular flexibility index (Phi) is 4.19. The van der Waals surface area contributed by atoms with Gasteiger partial charge in [0, 0.05) is 6.54 Å². The first kappa shape index (κ1) is 10.8. The molecule has 3 nitrogen and oxygen atoms in total. The van der Waals surface area contributed by atoms with Crippen LogP contribution in [0.4, 0.5) is 0 Å². The standard InChI is InChI=1S/C10H13NO2S/c1-12-9-5-3-8(4-6-9)7-11-10(14)13-2/h3-6H,7H2,1-2H3,(H,11,14). The Balaban J connectivity index is 2.47. The smallest absolute Gasteiger partial charge is 0.256 e. The number of hydrogen-bond donors (Lipinski definition) is 1. The SMILES string of the molecule is COC(=S)NCc1ccc(OC)cc1. The van der Waals surface area contributed by atoms with Crippen LogP contribution in [0.25, 0.3) is 0 Å². The summed E-state index contributed by atoms with van der Waals surface area (Å²) in [5, 5.41) is 3.36. The van der Waals surface area contributed by atoms with E-state index in [-0.39, 0.29) is 0 Å². The number of thiocarbonyl (C=S) groups is 1. The van der Waals surface area contributed by atoms with Crippen molar-refractivity contribution in [2.24, 2.45) is 0 Å². The van der Waals surface area contributed by atoms with Crippen LogP contribution in [0.5, 0.6) is 5.75 Å². The van der Waals surface area contributed by atoms with E-state index in [2.05, 4.69) is 5.32 Å². The number of benzene rings is 1. The van der Waals surface area contributed by atoms with Crippen LogP contribution in [0.3, 0.4) is 0 Å². The van der Waals surface area contributed by atoms with E-state index in [1.54, 1.807) is 14.2 Å². The van der Waals surface area contributed by atoms with Gasteiger partial charge in [-0.15, -0.1) is 0 Å². The quantitative estimate of drug-likeness (QED) is 0.771. The molecule has 1 aromatic rings. The monoisotopic (exact) mass is 211 g/mol. The lowest BCUT2D eigenvalue weighted by Gasteiger charge is -2.06. The Morgan fingerprint density at radius 2 is 1.93 bits per heavy atom. The summed E-state index contributed by atoms with van der Waals surface area (Å²) in [4.78, 5) is 0. The Bertz CT molecular complexity index is 297. The summed E-state index contributed by atoms with van der Waals surface area (Å²) in [6, 6.07) is 7.77. The van der Waals surface area contributed by atoms with Crippen molar-refractivity contribution in [3.63, 3.8) is 0 Å². The van der Waals surface area contributed by atoms with Crippen molar-refractivity contribution in [1.29, 1.82) is 0 Å². The lowest BCUT2D eigenvalue weighted by atomic mass is 10.2. The molecule has 1 rings (SSSR count). The maximum Gasteiger partial charge on any atom is 0.256 e. The Labute approximate surface area is 89.0 Å². The van der Waals surface area contributed by atoms with Gasteiger partial charge in [-0.25, -0.2) is 0 Å². The van der Waals surface area contributed by atoms with Gasteiger partial charge in [-0.1, -0.05) is 12.1 Å². The van der Waals surface area contributed by atoms with Crippen molar-refractivity contribution in [2.75, 3.05) is 14.2 Å². The van der Waals surface area contributed by atoms with Gasteiger partial charge >= 0.3 is 0 Å². The fourth-order valence-corrected chi connectivity index (χ4v) is 1.06. The Morgan fingerprint density at radius 1 is 1.29 bits per heavy atom. The zero-order valence-corrected chi connectivity index (χ0v) is 9.06. The summed E-state index contributed by atoms with van der Waals surface area (Å²) in [7, 11) is 3.19. The van der Waals surface area contributed by atoms with Gasteiger partial charge in [0.2, 0.25) is 0 Å². The van der Waals surface area contributed by atoms with Gasteiger partial charge in [-0.2, -0.15) is 0 Å². The Morgan fingerprint density at radius 3 is 2.43 bits per heavy atom. The van der Waals surface area contributed by atoms with Gasteiger partial charge in [0.1, 0.15) is 5.75 Å². The summed E-state index contributed by atoms with van der Waals surface area (Å²) in [5.41, 5.74) is 1.13. The molecule has 0 saturated heterocycles. The van der Waals surface area contributed by atoms with Gasteiger partial charge in [-0.05, 0) is 29.9 Å². The highest BCUT2D eigenvalue weighted by atomic mass is 32.1. The second-order valence-corrected chi connectivity index (χ2v) is 3.06. The predicted octanol–water partition coefficient (Wildman–Crippen LogP) is 1.72. The molecule has 0 aromatic heterocycles. The highest BCUT2D eigenvalue weighted by molar-refractivity contribution is 7.80. The number of rotatable bonds is 3.